The van der Waals surface area contributed by atoms with Crippen LogP contribution in [0.3, 0.4) is 0 Å². The smallest absolute Gasteiger partial charge is 0.294 e. The Morgan fingerprint density at radius 3 is 2.31 bits per heavy atom. The number of hydrogen-bond donors (Lipinski definition) is 2. The van der Waals surface area contributed by atoms with E-state index in [1.165, 1.54) is 18.2 Å². The van der Waals surface area contributed by atoms with E-state index in [2.05, 4.69) is 10.2 Å². The average molecular weight is 501 g/mol. The van der Waals surface area contributed by atoms with E-state index < -0.39 is 10.1 Å². The van der Waals surface area contributed by atoms with Crippen LogP contribution in [0, 0.1) is 25.6 Å². The molecule has 3 aliphatic rings. The fourth-order valence-electron chi connectivity index (χ4n) is 4.49. The monoisotopic (exact) mass is 500 g/mol. The van der Waals surface area contributed by atoms with Crippen molar-refractivity contribution in [3.05, 3.63) is 77.3 Å². The van der Waals surface area contributed by atoms with Gasteiger partial charge in [0.2, 0.25) is 0 Å². The van der Waals surface area contributed by atoms with Crippen molar-refractivity contribution in [2.45, 2.75) is 37.6 Å². The topological polar surface area (TPSA) is 99.9 Å². The maximum absolute atomic E-state index is 13.4. The Morgan fingerprint density at radius 2 is 1.74 bits per heavy atom. The number of fused-ring (bicyclic) bond motifs is 3. The summed E-state index contributed by atoms with van der Waals surface area (Å²) in [7, 11) is -4.02. The molecule has 186 valence electrons. The fourth-order valence-corrected chi connectivity index (χ4v) is 4.97. The Balaban J connectivity index is 0.000000221. The number of rotatable bonds is 4. The van der Waals surface area contributed by atoms with Gasteiger partial charge in [-0.05, 0) is 93.7 Å². The van der Waals surface area contributed by atoms with Gasteiger partial charge in [-0.15, -0.1) is 0 Å². The molecule has 1 atom stereocenters. The van der Waals surface area contributed by atoms with Gasteiger partial charge in [-0.3, -0.25) is 9.35 Å². The molecule has 0 saturated carbocycles. The summed E-state index contributed by atoms with van der Waals surface area (Å²) in [6, 6.07) is 14.4. The van der Waals surface area contributed by atoms with Crippen LogP contribution in [0.1, 0.15) is 34.5 Å². The van der Waals surface area contributed by atoms with Crippen LogP contribution in [0.15, 0.2) is 63.9 Å². The first-order valence-electron chi connectivity index (χ1n) is 11.5. The first-order chi connectivity index (χ1) is 16.6. The van der Waals surface area contributed by atoms with E-state index in [0.717, 1.165) is 43.6 Å². The molecule has 2 N–H and O–H groups in total. The van der Waals surface area contributed by atoms with Gasteiger partial charge in [-0.2, -0.15) is 8.42 Å². The van der Waals surface area contributed by atoms with Crippen molar-refractivity contribution in [1.82, 2.24) is 10.2 Å². The fraction of sp³-hybridized carbons (Fsp3) is 0.346. The number of furan rings is 1. The van der Waals surface area contributed by atoms with Gasteiger partial charge < -0.3 is 14.6 Å². The van der Waals surface area contributed by atoms with E-state index in [0.29, 0.717) is 23.0 Å². The first kappa shape index (κ1) is 25.1. The van der Waals surface area contributed by atoms with Crippen LogP contribution >= 0.6 is 0 Å². The molecule has 9 heteroatoms. The highest BCUT2D eigenvalue weighted by Crippen LogP contribution is 2.28. The molecule has 2 bridgehead atoms. The molecule has 0 unspecified atom stereocenters. The van der Waals surface area contributed by atoms with E-state index in [1.54, 1.807) is 43.3 Å². The van der Waals surface area contributed by atoms with Crippen molar-refractivity contribution in [3.8, 4) is 11.3 Å². The molecule has 4 heterocycles. The Hall–Kier alpha value is -3.01. The van der Waals surface area contributed by atoms with Crippen LogP contribution in [0.25, 0.3) is 11.3 Å². The summed E-state index contributed by atoms with van der Waals surface area (Å²) in [6.45, 7) is 6.77. The van der Waals surface area contributed by atoms with E-state index in [1.807, 2.05) is 6.92 Å². The lowest BCUT2D eigenvalue weighted by Gasteiger charge is -2.44. The maximum Gasteiger partial charge on any atom is 0.294 e. The van der Waals surface area contributed by atoms with Crippen molar-refractivity contribution < 1.29 is 26.6 Å². The van der Waals surface area contributed by atoms with Gasteiger partial charge in [0, 0.05) is 18.2 Å². The van der Waals surface area contributed by atoms with Gasteiger partial charge in [-0.1, -0.05) is 17.7 Å². The number of piperidine rings is 3. The summed E-state index contributed by atoms with van der Waals surface area (Å²) in [5, 5.41) is 3.12. The Labute approximate surface area is 204 Å². The quantitative estimate of drug-likeness (QED) is 0.513. The minimum Gasteiger partial charge on any atom is -0.451 e. The van der Waals surface area contributed by atoms with E-state index in [4.69, 9.17) is 8.97 Å². The molecule has 3 saturated heterocycles. The number of amides is 1. The second-order valence-electron chi connectivity index (χ2n) is 9.13. The predicted molar refractivity (Wildman–Crippen MR) is 130 cm³/mol. The van der Waals surface area contributed by atoms with Gasteiger partial charge in [0.05, 0.1) is 4.90 Å². The van der Waals surface area contributed by atoms with Crippen LogP contribution in [-0.2, 0) is 10.1 Å². The number of carbonyl (C=O) groups excluding carboxylic acids is 1. The Bertz CT molecular complexity index is 1300. The summed E-state index contributed by atoms with van der Waals surface area (Å²) in [5.74, 6) is 1.05. The highest BCUT2D eigenvalue weighted by molar-refractivity contribution is 7.85. The molecule has 1 aromatic heterocycles. The van der Waals surface area contributed by atoms with Crippen molar-refractivity contribution in [3.63, 3.8) is 0 Å². The summed E-state index contributed by atoms with van der Waals surface area (Å²) >= 11 is 0. The molecule has 35 heavy (non-hydrogen) atoms. The SMILES string of the molecule is Cc1cc(-c2ccc(C(=O)N[C@H]3CN4CCC3CC4)o2)ccc1F.Cc1ccc(S(=O)(=O)O)cc1. The van der Waals surface area contributed by atoms with Crippen molar-refractivity contribution >= 4 is 16.0 Å². The third-order valence-electron chi connectivity index (χ3n) is 6.56. The molecule has 0 spiro atoms. The zero-order valence-electron chi connectivity index (χ0n) is 19.7. The first-order valence-corrected chi connectivity index (χ1v) is 13.0. The zero-order chi connectivity index (χ0) is 25.2. The molecule has 7 nitrogen and oxygen atoms in total. The summed E-state index contributed by atoms with van der Waals surface area (Å²) in [6.07, 6.45) is 2.31. The third-order valence-corrected chi connectivity index (χ3v) is 7.43. The van der Waals surface area contributed by atoms with Gasteiger partial charge in [0.1, 0.15) is 11.6 Å². The summed E-state index contributed by atoms with van der Waals surface area (Å²) < 4.78 is 48.6. The van der Waals surface area contributed by atoms with Crippen LogP contribution in [0.5, 0.6) is 0 Å². The number of aryl methyl sites for hydroxylation is 2. The maximum atomic E-state index is 13.4. The molecule has 0 aliphatic carbocycles. The second-order valence-corrected chi connectivity index (χ2v) is 10.6. The van der Waals surface area contributed by atoms with Gasteiger partial charge >= 0.3 is 0 Å². The van der Waals surface area contributed by atoms with Crippen molar-refractivity contribution in [2.75, 3.05) is 19.6 Å². The number of nitrogens with one attached hydrogen (secondary N) is 1. The second kappa shape index (κ2) is 10.3. The largest absolute Gasteiger partial charge is 0.451 e. The Kier molecular flexibility index (Phi) is 7.39. The summed E-state index contributed by atoms with van der Waals surface area (Å²) in [5.41, 5.74) is 2.29. The normalized spacial score (nSPS) is 21.2. The number of carbonyl (C=O) groups is 1. The van der Waals surface area contributed by atoms with Crippen LogP contribution in [0.4, 0.5) is 4.39 Å². The number of nitrogens with zero attached hydrogens (tertiary/aromatic N) is 1. The minimum absolute atomic E-state index is 0.0666. The number of hydrogen-bond acceptors (Lipinski definition) is 5. The zero-order valence-corrected chi connectivity index (χ0v) is 20.5. The highest BCUT2D eigenvalue weighted by atomic mass is 32.2. The van der Waals surface area contributed by atoms with Crippen LogP contribution < -0.4 is 5.32 Å². The minimum atomic E-state index is -4.02. The molecule has 0 radical (unpaired) electrons. The molecule has 1 amide bonds. The van der Waals surface area contributed by atoms with E-state index in [-0.39, 0.29) is 22.7 Å². The molecule has 2 aromatic carbocycles. The predicted octanol–water partition coefficient (Wildman–Crippen LogP) is 4.46. The molecule has 3 aliphatic heterocycles. The van der Waals surface area contributed by atoms with Crippen LogP contribution in [-0.4, -0.2) is 49.5 Å². The van der Waals surface area contributed by atoms with Crippen molar-refractivity contribution in [1.29, 1.82) is 0 Å². The molecular weight excluding hydrogens is 471 g/mol. The molecule has 3 aromatic rings. The molecule has 3 fully saturated rings. The highest BCUT2D eigenvalue weighted by Gasteiger charge is 2.35. The van der Waals surface area contributed by atoms with E-state index >= 15 is 0 Å². The lowest BCUT2D eigenvalue weighted by atomic mass is 9.84. The number of halogens is 1. The summed E-state index contributed by atoms with van der Waals surface area (Å²) in [4.78, 5) is 14.8. The third kappa shape index (κ3) is 6.17. The lowest BCUT2D eigenvalue weighted by Crippen LogP contribution is -2.57. The van der Waals surface area contributed by atoms with Gasteiger partial charge in [0.15, 0.2) is 5.76 Å². The Morgan fingerprint density at radius 1 is 1.06 bits per heavy atom. The molecule has 6 rings (SSSR count). The molecular formula is C26H29FN2O5S. The average Bonchev–Trinajstić information content (AvgIpc) is 3.32. The van der Waals surface area contributed by atoms with Gasteiger partial charge in [0.25, 0.3) is 16.0 Å². The standard InChI is InChI=1S/C19H21FN2O2.C7H8O3S/c1-12-10-14(2-3-15(12)20)17-4-5-18(24-17)19(23)21-16-11-22-8-6-13(16)7-9-22;1-6-2-4-7(5-3-6)11(8,9)10/h2-5,10,13,16H,6-9,11H2,1H3,(H,21,23);2-5H,1H3,(H,8,9,10)/t16-;/m0./s1. The number of benzene rings is 2. The van der Waals surface area contributed by atoms with Gasteiger partial charge in [-0.25, -0.2) is 4.39 Å². The van der Waals surface area contributed by atoms with Crippen molar-refractivity contribution in [2.24, 2.45) is 5.92 Å². The van der Waals surface area contributed by atoms with E-state index in [9.17, 15) is 17.6 Å². The van der Waals surface area contributed by atoms with Crippen LogP contribution in [0.2, 0.25) is 0 Å². The lowest BCUT2D eigenvalue weighted by molar-refractivity contribution is 0.0606.